The van der Waals surface area contributed by atoms with Gasteiger partial charge >= 0.3 is 12.0 Å². The van der Waals surface area contributed by atoms with E-state index in [1.807, 2.05) is 0 Å². The fourth-order valence-electron chi connectivity index (χ4n) is 1.76. The first-order chi connectivity index (χ1) is 9.56. The number of aromatic carboxylic acids is 1. The molecular weight excluding hydrogens is 258 g/mol. The molecule has 0 saturated carbocycles. The Labute approximate surface area is 118 Å². The summed E-state index contributed by atoms with van der Waals surface area (Å²) < 4.78 is 0. The number of rotatable bonds is 7. The van der Waals surface area contributed by atoms with E-state index < -0.39 is 5.97 Å². The smallest absolute Gasteiger partial charge is 0.335 e. The summed E-state index contributed by atoms with van der Waals surface area (Å²) in [4.78, 5) is 26.4. The number of carboxylic acid groups (broad SMARTS) is 1. The molecule has 0 bridgehead atoms. The molecule has 1 aromatic heterocycles. The molecule has 0 aromatic carbocycles. The number of pyridine rings is 1. The third-order valence-corrected chi connectivity index (χ3v) is 3.20. The van der Waals surface area contributed by atoms with Gasteiger partial charge in [-0.25, -0.2) is 9.59 Å². The lowest BCUT2D eigenvalue weighted by Gasteiger charge is -2.13. The number of carboxylic acids is 1. The molecule has 0 aliphatic rings. The van der Waals surface area contributed by atoms with Gasteiger partial charge in [0.2, 0.25) is 0 Å². The summed E-state index contributed by atoms with van der Waals surface area (Å²) in [6, 6.07) is 2.60. The third kappa shape index (κ3) is 5.26. The van der Waals surface area contributed by atoms with Crippen LogP contribution >= 0.6 is 0 Å². The van der Waals surface area contributed by atoms with Crippen LogP contribution in [0.1, 0.15) is 42.7 Å². The Kier molecular flexibility index (Phi) is 6.49. The van der Waals surface area contributed by atoms with Gasteiger partial charge in [0, 0.05) is 12.7 Å². The van der Waals surface area contributed by atoms with Gasteiger partial charge in [-0.05, 0) is 18.1 Å². The van der Waals surface area contributed by atoms with Gasteiger partial charge in [-0.3, -0.25) is 4.98 Å². The molecule has 0 saturated heterocycles. The number of carbonyl (C=O) groups is 2. The minimum atomic E-state index is -1.01. The third-order valence-electron chi connectivity index (χ3n) is 3.20. The second-order valence-corrected chi connectivity index (χ2v) is 4.59. The summed E-state index contributed by atoms with van der Waals surface area (Å²) in [7, 11) is 0. The fourth-order valence-corrected chi connectivity index (χ4v) is 1.76. The van der Waals surface area contributed by atoms with Crippen LogP contribution < -0.4 is 10.6 Å². The number of amides is 2. The normalized spacial score (nSPS) is 10.3. The van der Waals surface area contributed by atoms with Crippen molar-refractivity contribution in [2.45, 2.75) is 33.2 Å². The number of urea groups is 1. The van der Waals surface area contributed by atoms with Gasteiger partial charge in [0.1, 0.15) is 0 Å². The lowest BCUT2D eigenvalue weighted by atomic mass is 10.0. The Morgan fingerprint density at radius 1 is 1.30 bits per heavy atom. The van der Waals surface area contributed by atoms with Crippen LogP contribution in [0.5, 0.6) is 0 Å². The van der Waals surface area contributed by atoms with Crippen molar-refractivity contribution < 1.29 is 14.7 Å². The van der Waals surface area contributed by atoms with Gasteiger partial charge in [-0.15, -0.1) is 0 Å². The number of nitrogens with zero attached hydrogens (tertiary/aromatic N) is 1. The molecule has 110 valence electrons. The average molecular weight is 279 g/mol. The van der Waals surface area contributed by atoms with E-state index in [9.17, 15) is 9.59 Å². The zero-order valence-corrected chi connectivity index (χ0v) is 11.8. The van der Waals surface area contributed by atoms with Crippen molar-refractivity contribution in [2.75, 3.05) is 6.54 Å². The van der Waals surface area contributed by atoms with E-state index in [4.69, 9.17) is 5.11 Å². The second kappa shape index (κ2) is 8.14. The highest BCUT2D eigenvalue weighted by molar-refractivity contribution is 5.87. The molecule has 0 spiro atoms. The van der Waals surface area contributed by atoms with Crippen molar-refractivity contribution in [3.63, 3.8) is 0 Å². The Hall–Kier alpha value is -2.11. The summed E-state index contributed by atoms with van der Waals surface area (Å²) in [5.41, 5.74) is 0.678. The van der Waals surface area contributed by atoms with Crippen molar-refractivity contribution in [1.82, 2.24) is 15.6 Å². The minimum absolute atomic E-state index is 0.161. The molecule has 0 radical (unpaired) electrons. The lowest BCUT2D eigenvalue weighted by Crippen LogP contribution is -2.37. The Morgan fingerprint density at radius 2 is 2.00 bits per heavy atom. The maximum absolute atomic E-state index is 11.6. The maximum atomic E-state index is 11.6. The summed E-state index contributed by atoms with van der Waals surface area (Å²) >= 11 is 0. The van der Waals surface area contributed by atoms with Gasteiger partial charge in [0.05, 0.1) is 17.8 Å². The SMILES string of the molecule is CCC(CC)CNC(=O)NCc1cc(C(=O)O)ccn1. The number of nitrogens with one attached hydrogen (secondary N) is 2. The second-order valence-electron chi connectivity index (χ2n) is 4.59. The molecule has 1 aromatic rings. The molecule has 1 heterocycles. The fraction of sp³-hybridized carbons (Fsp3) is 0.500. The van der Waals surface area contributed by atoms with Gasteiger partial charge in [0.15, 0.2) is 0 Å². The predicted molar refractivity (Wildman–Crippen MR) is 75.5 cm³/mol. The van der Waals surface area contributed by atoms with Crippen molar-refractivity contribution >= 4 is 12.0 Å². The van der Waals surface area contributed by atoms with Gasteiger partial charge in [-0.1, -0.05) is 26.7 Å². The van der Waals surface area contributed by atoms with Crippen molar-refractivity contribution in [3.05, 3.63) is 29.6 Å². The zero-order chi connectivity index (χ0) is 15.0. The largest absolute Gasteiger partial charge is 0.478 e. The lowest BCUT2D eigenvalue weighted by molar-refractivity contribution is 0.0696. The molecule has 2 amide bonds. The topological polar surface area (TPSA) is 91.3 Å². The van der Waals surface area contributed by atoms with Crippen LogP contribution in [-0.4, -0.2) is 28.6 Å². The molecule has 6 heteroatoms. The molecule has 0 unspecified atom stereocenters. The highest BCUT2D eigenvalue weighted by atomic mass is 16.4. The first-order valence-electron chi connectivity index (χ1n) is 6.76. The van der Waals surface area contributed by atoms with Crippen LogP contribution in [0.25, 0.3) is 0 Å². The van der Waals surface area contributed by atoms with Gasteiger partial charge in [0.25, 0.3) is 0 Å². The zero-order valence-electron chi connectivity index (χ0n) is 11.8. The molecule has 6 nitrogen and oxygen atoms in total. The Balaban J connectivity index is 2.41. The first-order valence-corrected chi connectivity index (χ1v) is 6.76. The molecule has 20 heavy (non-hydrogen) atoms. The quantitative estimate of drug-likeness (QED) is 0.712. The van der Waals surface area contributed by atoms with Crippen LogP contribution in [0.2, 0.25) is 0 Å². The van der Waals surface area contributed by atoms with E-state index in [0.29, 0.717) is 18.2 Å². The standard InChI is InChI=1S/C14H21N3O3/c1-3-10(4-2)8-16-14(20)17-9-12-7-11(13(18)19)5-6-15-12/h5-7,10H,3-4,8-9H2,1-2H3,(H,18,19)(H2,16,17,20). The van der Waals surface area contributed by atoms with Crippen LogP contribution in [0, 0.1) is 5.92 Å². The first kappa shape index (κ1) is 15.9. The van der Waals surface area contributed by atoms with Crippen LogP contribution in [-0.2, 0) is 6.54 Å². The average Bonchev–Trinajstić information content (AvgIpc) is 2.46. The van der Waals surface area contributed by atoms with E-state index in [1.165, 1.54) is 18.3 Å². The van der Waals surface area contributed by atoms with E-state index in [0.717, 1.165) is 12.8 Å². The molecule has 0 aliphatic carbocycles. The van der Waals surface area contributed by atoms with Crippen LogP contribution in [0.4, 0.5) is 4.79 Å². The molecule has 1 rings (SSSR count). The number of carbonyl (C=O) groups excluding carboxylic acids is 1. The highest BCUT2D eigenvalue weighted by Crippen LogP contribution is 2.05. The maximum Gasteiger partial charge on any atom is 0.335 e. The van der Waals surface area contributed by atoms with Gasteiger partial charge < -0.3 is 15.7 Å². The Bertz CT molecular complexity index is 459. The molecule has 0 fully saturated rings. The van der Waals surface area contributed by atoms with E-state index in [-0.39, 0.29) is 18.1 Å². The number of hydrogen-bond acceptors (Lipinski definition) is 3. The monoisotopic (exact) mass is 279 g/mol. The Morgan fingerprint density at radius 3 is 2.60 bits per heavy atom. The van der Waals surface area contributed by atoms with E-state index >= 15 is 0 Å². The molecular formula is C14H21N3O3. The summed E-state index contributed by atoms with van der Waals surface area (Å²) in [5.74, 6) is -0.527. The predicted octanol–water partition coefficient (Wildman–Crippen LogP) is 2.02. The molecule has 0 atom stereocenters. The summed E-state index contributed by atoms with van der Waals surface area (Å²) in [5, 5.41) is 14.3. The van der Waals surface area contributed by atoms with Crippen molar-refractivity contribution in [2.24, 2.45) is 5.92 Å². The number of hydrogen-bond donors (Lipinski definition) is 3. The minimum Gasteiger partial charge on any atom is -0.478 e. The van der Waals surface area contributed by atoms with Gasteiger partial charge in [-0.2, -0.15) is 0 Å². The van der Waals surface area contributed by atoms with Crippen LogP contribution in [0.15, 0.2) is 18.3 Å². The molecule has 0 aliphatic heterocycles. The van der Waals surface area contributed by atoms with E-state index in [1.54, 1.807) is 0 Å². The van der Waals surface area contributed by atoms with Crippen LogP contribution in [0.3, 0.4) is 0 Å². The van der Waals surface area contributed by atoms with E-state index in [2.05, 4.69) is 29.5 Å². The number of aromatic nitrogens is 1. The summed E-state index contributed by atoms with van der Waals surface area (Å²) in [6.45, 7) is 5.03. The van der Waals surface area contributed by atoms with Crippen molar-refractivity contribution in [3.8, 4) is 0 Å². The van der Waals surface area contributed by atoms with Crippen molar-refractivity contribution in [1.29, 1.82) is 0 Å². The molecule has 3 N–H and O–H groups in total. The highest BCUT2D eigenvalue weighted by Gasteiger charge is 2.07. The summed E-state index contributed by atoms with van der Waals surface area (Å²) in [6.07, 6.45) is 3.47.